The number of amides is 1. The average Bonchev–Trinajstić information content (AvgIpc) is 3.49. The van der Waals surface area contributed by atoms with E-state index in [0.717, 1.165) is 40.6 Å². The van der Waals surface area contributed by atoms with Gasteiger partial charge in [0.25, 0.3) is 5.91 Å². The fraction of sp³-hybridized carbons (Fsp3) is 0.385. The van der Waals surface area contributed by atoms with Gasteiger partial charge in [0.05, 0.1) is 18.2 Å². The summed E-state index contributed by atoms with van der Waals surface area (Å²) in [6, 6.07) is 16.9. The Kier molecular flexibility index (Phi) is 4.29. The van der Waals surface area contributed by atoms with E-state index in [1.54, 1.807) is 0 Å². The number of hydrogen-bond acceptors (Lipinski definition) is 4. The second-order valence-corrected chi connectivity index (χ2v) is 9.21. The second-order valence-electron chi connectivity index (χ2n) is 9.21. The molecule has 3 heterocycles. The van der Waals surface area contributed by atoms with Crippen molar-refractivity contribution in [3.63, 3.8) is 0 Å². The highest BCUT2D eigenvalue weighted by Gasteiger charge is 2.46. The van der Waals surface area contributed by atoms with E-state index >= 15 is 0 Å². The van der Waals surface area contributed by atoms with E-state index in [4.69, 9.17) is 10.5 Å². The van der Waals surface area contributed by atoms with Crippen LogP contribution in [0.5, 0.6) is 0 Å². The lowest BCUT2D eigenvalue weighted by molar-refractivity contribution is 0.0728. The molecule has 2 N–H and O–H groups in total. The van der Waals surface area contributed by atoms with Crippen LogP contribution in [0.25, 0.3) is 10.9 Å². The molecular weight excluding hydrogens is 386 g/mol. The first kappa shape index (κ1) is 18.8. The zero-order valence-electron chi connectivity index (χ0n) is 17.8. The second kappa shape index (κ2) is 7.06. The van der Waals surface area contributed by atoms with Gasteiger partial charge in [-0.1, -0.05) is 36.8 Å². The summed E-state index contributed by atoms with van der Waals surface area (Å²) in [5, 5.41) is 0.987. The van der Waals surface area contributed by atoms with Gasteiger partial charge in [0, 0.05) is 35.0 Å². The molecule has 0 unspecified atom stereocenters. The number of carbonyl (C=O) groups excluding carboxylic acids is 1. The minimum Gasteiger partial charge on any atom is -0.383 e. The number of anilines is 1. The van der Waals surface area contributed by atoms with Crippen molar-refractivity contribution >= 4 is 22.6 Å². The molecule has 6 rings (SSSR count). The fourth-order valence-corrected chi connectivity index (χ4v) is 6.16. The molecule has 158 valence electrons. The maximum Gasteiger partial charge on any atom is 0.254 e. The van der Waals surface area contributed by atoms with Crippen molar-refractivity contribution in [1.82, 2.24) is 9.88 Å². The number of nitrogens with two attached hydrogens (primary N) is 1. The van der Waals surface area contributed by atoms with Crippen LogP contribution in [0.4, 0.5) is 5.82 Å². The van der Waals surface area contributed by atoms with Crippen LogP contribution < -0.4 is 5.73 Å². The number of benzene rings is 2. The average molecular weight is 414 g/mol. The van der Waals surface area contributed by atoms with Gasteiger partial charge in [-0.05, 0) is 55.0 Å². The first-order valence-corrected chi connectivity index (χ1v) is 11.3. The number of carbonyl (C=O) groups is 1. The zero-order chi connectivity index (χ0) is 21.1. The standard InChI is InChI=1S/C26H27N3O2/c1-15-24-21(14-31-15)19-12-17(10-11-22(19)28-25(24)27)26(30)29-13-20(16-6-3-2-4-7-16)18-8-5-9-23(18)29/h2-4,6-7,10-12,15,18,20,23H,5,8-9,13-14H2,1H3,(H2,27,28)/t15-,18-,20-,23+/m1/s1. The molecule has 1 saturated carbocycles. The number of aromatic nitrogens is 1. The molecular formula is C26H27N3O2. The van der Waals surface area contributed by atoms with E-state index < -0.39 is 0 Å². The van der Waals surface area contributed by atoms with Gasteiger partial charge in [-0.25, -0.2) is 4.98 Å². The molecule has 3 aromatic rings. The maximum atomic E-state index is 13.7. The number of nitrogen functional groups attached to an aromatic ring is 1. The molecule has 4 atom stereocenters. The summed E-state index contributed by atoms with van der Waals surface area (Å²) >= 11 is 0. The largest absolute Gasteiger partial charge is 0.383 e. The summed E-state index contributed by atoms with van der Waals surface area (Å²) in [6.07, 6.45) is 3.45. The zero-order valence-corrected chi connectivity index (χ0v) is 17.8. The molecule has 0 bridgehead atoms. The van der Waals surface area contributed by atoms with Gasteiger partial charge in [0.15, 0.2) is 0 Å². The minimum atomic E-state index is -0.0595. The smallest absolute Gasteiger partial charge is 0.254 e. The van der Waals surface area contributed by atoms with Crippen molar-refractivity contribution in [2.75, 3.05) is 12.3 Å². The lowest BCUT2D eigenvalue weighted by atomic mass is 9.87. The molecule has 2 aromatic carbocycles. The van der Waals surface area contributed by atoms with Crippen LogP contribution in [0.3, 0.4) is 0 Å². The van der Waals surface area contributed by atoms with Crippen molar-refractivity contribution in [1.29, 1.82) is 0 Å². The van der Waals surface area contributed by atoms with Crippen molar-refractivity contribution in [3.8, 4) is 0 Å². The molecule has 1 aliphatic carbocycles. The normalized spacial score (nSPS) is 26.9. The Morgan fingerprint density at radius 1 is 1.16 bits per heavy atom. The van der Waals surface area contributed by atoms with Crippen LogP contribution in [-0.4, -0.2) is 28.4 Å². The van der Waals surface area contributed by atoms with Gasteiger partial charge in [-0.15, -0.1) is 0 Å². The first-order chi connectivity index (χ1) is 15.1. The van der Waals surface area contributed by atoms with Crippen molar-refractivity contribution in [2.45, 2.75) is 50.9 Å². The summed E-state index contributed by atoms with van der Waals surface area (Å²) in [5.41, 5.74) is 11.2. The van der Waals surface area contributed by atoms with Crippen LogP contribution >= 0.6 is 0 Å². The monoisotopic (exact) mass is 413 g/mol. The van der Waals surface area contributed by atoms with Crippen molar-refractivity contribution in [2.24, 2.45) is 5.92 Å². The minimum absolute atomic E-state index is 0.0595. The van der Waals surface area contributed by atoms with Gasteiger partial charge in [0.2, 0.25) is 0 Å². The third-order valence-corrected chi connectivity index (χ3v) is 7.63. The van der Waals surface area contributed by atoms with Gasteiger partial charge < -0.3 is 15.4 Å². The van der Waals surface area contributed by atoms with Gasteiger partial charge >= 0.3 is 0 Å². The van der Waals surface area contributed by atoms with Gasteiger partial charge in [-0.2, -0.15) is 0 Å². The molecule has 1 amide bonds. The molecule has 1 aromatic heterocycles. The molecule has 1 saturated heterocycles. The van der Waals surface area contributed by atoms with Crippen LogP contribution in [-0.2, 0) is 11.3 Å². The molecule has 2 aliphatic heterocycles. The highest BCUT2D eigenvalue weighted by Crippen LogP contribution is 2.47. The lowest BCUT2D eigenvalue weighted by Gasteiger charge is -2.24. The summed E-state index contributed by atoms with van der Waals surface area (Å²) < 4.78 is 5.82. The highest BCUT2D eigenvalue weighted by atomic mass is 16.5. The lowest BCUT2D eigenvalue weighted by Crippen LogP contribution is -2.36. The number of ether oxygens (including phenoxy) is 1. The number of rotatable bonds is 2. The number of likely N-dealkylation sites (tertiary alicyclic amines) is 1. The van der Waals surface area contributed by atoms with Crippen LogP contribution in [0.1, 0.15) is 65.3 Å². The van der Waals surface area contributed by atoms with Gasteiger partial charge in [-0.3, -0.25) is 4.79 Å². The Morgan fingerprint density at radius 3 is 2.84 bits per heavy atom. The van der Waals surface area contributed by atoms with E-state index in [9.17, 15) is 4.79 Å². The molecule has 0 radical (unpaired) electrons. The van der Waals surface area contributed by atoms with E-state index in [-0.39, 0.29) is 12.0 Å². The highest BCUT2D eigenvalue weighted by molar-refractivity contribution is 5.99. The van der Waals surface area contributed by atoms with Gasteiger partial charge in [0.1, 0.15) is 5.82 Å². The fourth-order valence-electron chi connectivity index (χ4n) is 6.16. The summed E-state index contributed by atoms with van der Waals surface area (Å²) in [4.78, 5) is 20.4. The molecule has 2 fully saturated rings. The Morgan fingerprint density at radius 2 is 2.00 bits per heavy atom. The number of pyridine rings is 1. The Hall–Kier alpha value is -2.92. The molecule has 3 aliphatic rings. The van der Waals surface area contributed by atoms with Crippen molar-refractivity contribution < 1.29 is 9.53 Å². The topological polar surface area (TPSA) is 68.5 Å². The van der Waals surface area contributed by atoms with E-state index in [1.807, 2.05) is 25.1 Å². The Labute approximate surface area is 182 Å². The molecule has 5 nitrogen and oxygen atoms in total. The number of nitrogens with zero attached hydrogens (tertiary/aromatic N) is 2. The third kappa shape index (κ3) is 2.87. The molecule has 31 heavy (non-hydrogen) atoms. The summed E-state index contributed by atoms with van der Waals surface area (Å²) in [5.74, 6) is 1.66. The van der Waals surface area contributed by atoms with Crippen LogP contribution in [0, 0.1) is 5.92 Å². The van der Waals surface area contributed by atoms with E-state index in [0.29, 0.717) is 30.3 Å². The van der Waals surface area contributed by atoms with E-state index in [1.165, 1.54) is 18.4 Å². The first-order valence-electron chi connectivity index (χ1n) is 11.3. The van der Waals surface area contributed by atoms with Crippen molar-refractivity contribution in [3.05, 3.63) is 70.8 Å². The Bertz CT molecular complexity index is 1180. The number of hydrogen-bond donors (Lipinski definition) is 1. The van der Waals surface area contributed by atoms with E-state index in [2.05, 4.69) is 40.2 Å². The third-order valence-electron chi connectivity index (χ3n) is 7.63. The molecule has 0 spiro atoms. The Balaban J connectivity index is 1.37. The quantitative estimate of drug-likeness (QED) is 0.654. The van der Waals surface area contributed by atoms with Crippen LogP contribution in [0.2, 0.25) is 0 Å². The predicted molar refractivity (Wildman–Crippen MR) is 121 cm³/mol. The number of fused-ring (bicyclic) bond motifs is 4. The summed E-state index contributed by atoms with van der Waals surface area (Å²) in [6.45, 7) is 3.31. The SMILES string of the molecule is C[C@H]1OCc2c1c(N)nc1ccc(C(=O)N3C[C@H](c4ccccc4)[C@H]4CCC[C@@H]43)cc21. The maximum absolute atomic E-state index is 13.7. The predicted octanol–water partition coefficient (Wildman–Crippen LogP) is 4.82. The summed E-state index contributed by atoms with van der Waals surface area (Å²) in [7, 11) is 0. The van der Waals surface area contributed by atoms with Crippen LogP contribution in [0.15, 0.2) is 48.5 Å². The molecule has 5 heteroatoms.